The first-order valence-corrected chi connectivity index (χ1v) is 11.9. The van der Waals surface area contributed by atoms with E-state index >= 15 is 0 Å². The van der Waals surface area contributed by atoms with Gasteiger partial charge >= 0.3 is 0 Å². The van der Waals surface area contributed by atoms with Crippen molar-refractivity contribution in [1.29, 1.82) is 0 Å². The Hall–Kier alpha value is -4.44. The molecule has 1 saturated heterocycles. The van der Waals surface area contributed by atoms with Crippen LogP contribution in [0.25, 0.3) is 11.3 Å². The second-order valence-electron chi connectivity index (χ2n) is 8.62. The fraction of sp³-hybridized carbons (Fsp3) is 0.185. The zero-order valence-electron chi connectivity index (χ0n) is 20.1. The Bertz CT molecular complexity index is 1390. The van der Waals surface area contributed by atoms with Gasteiger partial charge in [0.05, 0.1) is 11.9 Å². The van der Waals surface area contributed by atoms with Crippen LogP contribution in [-0.2, 0) is 6.42 Å². The molecule has 0 bridgehead atoms. The number of piperazine rings is 1. The molecule has 8 nitrogen and oxygen atoms in total. The number of pyridine rings is 2. The zero-order valence-corrected chi connectivity index (χ0v) is 20.1. The van der Waals surface area contributed by atoms with Crippen LogP contribution in [0.2, 0.25) is 0 Å². The van der Waals surface area contributed by atoms with Gasteiger partial charge in [-0.1, -0.05) is 12.6 Å². The molecular formula is C27H26F2N8. The molecule has 3 aromatic heterocycles. The standard InChI is InChI=1S/C27H26F2N8/c1-18(12-19-2-3-21(28)14-23(19)29)34-22-15-24(35-25(16-22)36-26-17-31-6-7-32-26)20-4-5-33-27(13-20)37-10-8-30-9-11-37/h2-7,13-17,30H,1,8-12H2,(H2,32,34,35,36). The molecule has 0 aliphatic carbocycles. The molecule has 1 fully saturated rings. The van der Waals surface area contributed by atoms with Crippen LogP contribution >= 0.6 is 0 Å². The van der Waals surface area contributed by atoms with Gasteiger partial charge in [0.1, 0.15) is 29.1 Å². The highest BCUT2D eigenvalue weighted by Gasteiger charge is 2.14. The number of nitrogens with zero attached hydrogens (tertiary/aromatic N) is 5. The lowest BCUT2D eigenvalue weighted by Gasteiger charge is -2.28. The SMILES string of the molecule is C=C(Cc1ccc(F)cc1F)Nc1cc(Nc2cnccn2)nc(-c2ccnc(N3CCNCC3)c2)c1. The van der Waals surface area contributed by atoms with Crippen molar-refractivity contribution in [2.45, 2.75) is 6.42 Å². The van der Waals surface area contributed by atoms with Crippen LogP contribution in [0.15, 0.2) is 79.5 Å². The number of benzene rings is 1. The molecule has 1 aliphatic heterocycles. The molecule has 0 atom stereocenters. The smallest absolute Gasteiger partial charge is 0.150 e. The van der Waals surface area contributed by atoms with Crippen molar-refractivity contribution >= 4 is 23.1 Å². The minimum Gasteiger partial charge on any atom is -0.359 e. The van der Waals surface area contributed by atoms with Crippen molar-refractivity contribution in [2.24, 2.45) is 0 Å². The Labute approximate surface area is 213 Å². The first-order valence-electron chi connectivity index (χ1n) is 11.9. The molecule has 188 valence electrons. The first kappa shape index (κ1) is 24.3. The second-order valence-corrected chi connectivity index (χ2v) is 8.62. The molecule has 37 heavy (non-hydrogen) atoms. The first-order chi connectivity index (χ1) is 18.0. The number of anilines is 4. The van der Waals surface area contributed by atoms with Crippen LogP contribution in [0.5, 0.6) is 0 Å². The molecule has 0 amide bonds. The number of hydrogen-bond donors (Lipinski definition) is 3. The van der Waals surface area contributed by atoms with E-state index < -0.39 is 11.6 Å². The van der Waals surface area contributed by atoms with Gasteiger partial charge in [-0.25, -0.2) is 23.7 Å². The maximum atomic E-state index is 14.2. The van der Waals surface area contributed by atoms with E-state index in [2.05, 4.69) is 42.4 Å². The minimum absolute atomic E-state index is 0.194. The van der Waals surface area contributed by atoms with Gasteiger partial charge < -0.3 is 20.9 Å². The van der Waals surface area contributed by atoms with Crippen molar-refractivity contribution in [3.8, 4) is 11.3 Å². The van der Waals surface area contributed by atoms with E-state index in [0.29, 0.717) is 34.3 Å². The molecule has 4 aromatic rings. The van der Waals surface area contributed by atoms with Gasteiger partial charge in [-0.3, -0.25) is 4.98 Å². The number of rotatable bonds is 8. The van der Waals surface area contributed by atoms with Crippen molar-refractivity contribution in [3.05, 3.63) is 96.7 Å². The molecule has 0 unspecified atom stereocenters. The lowest BCUT2D eigenvalue weighted by Crippen LogP contribution is -2.43. The van der Waals surface area contributed by atoms with Crippen LogP contribution in [0, 0.1) is 11.6 Å². The summed E-state index contributed by atoms with van der Waals surface area (Å²) in [5.41, 5.74) is 3.19. The van der Waals surface area contributed by atoms with Gasteiger partial charge in [-0.15, -0.1) is 0 Å². The van der Waals surface area contributed by atoms with E-state index in [9.17, 15) is 8.78 Å². The monoisotopic (exact) mass is 500 g/mol. The Kier molecular flexibility index (Phi) is 7.27. The van der Waals surface area contributed by atoms with E-state index in [1.807, 2.05) is 24.3 Å². The van der Waals surface area contributed by atoms with E-state index in [-0.39, 0.29) is 6.42 Å². The fourth-order valence-corrected chi connectivity index (χ4v) is 4.10. The van der Waals surface area contributed by atoms with Gasteiger partial charge in [0.25, 0.3) is 0 Å². The molecule has 10 heteroatoms. The summed E-state index contributed by atoms with van der Waals surface area (Å²) >= 11 is 0. The highest BCUT2D eigenvalue weighted by Crippen LogP contribution is 2.28. The number of nitrogens with one attached hydrogen (secondary N) is 3. The quantitative estimate of drug-likeness (QED) is 0.325. The third-order valence-electron chi connectivity index (χ3n) is 5.87. The lowest BCUT2D eigenvalue weighted by atomic mass is 10.1. The molecule has 3 N–H and O–H groups in total. The summed E-state index contributed by atoms with van der Waals surface area (Å²) in [4.78, 5) is 19.9. The predicted octanol–water partition coefficient (Wildman–Crippen LogP) is 4.53. The van der Waals surface area contributed by atoms with Gasteiger partial charge in [-0.05, 0) is 29.8 Å². The summed E-state index contributed by atoms with van der Waals surface area (Å²) in [6.07, 6.45) is 6.76. The van der Waals surface area contributed by atoms with Crippen molar-refractivity contribution in [3.63, 3.8) is 0 Å². The summed E-state index contributed by atoms with van der Waals surface area (Å²) in [6, 6.07) is 11.2. The molecule has 0 spiro atoms. The van der Waals surface area contributed by atoms with E-state index in [0.717, 1.165) is 43.6 Å². The third kappa shape index (κ3) is 6.22. The minimum atomic E-state index is -0.615. The number of allylic oxidation sites excluding steroid dienone is 1. The summed E-state index contributed by atoms with van der Waals surface area (Å²) in [5, 5.41) is 9.77. The van der Waals surface area contributed by atoms with E-state index in [1.54, 1.807) is 24.8 Å². The van der Waals surface area contributed by atoms with Gasteiger partial charge in [-0.2, -0.15) is 0 Å². The molecule has 4 heterocycles. The molecule has 1 aliphatic rings. The molecular weight excluding hydrogens is 474 g/mol. The topological polar surface area (TPSA) is 90.9 Å². The predicted molar refractivity (Wildman–Crippen MR) is 141 cm³/mol. The van der Waals surface area contributed by atoms with E-state index in [4.69, 9.17) is 4.98 Å². The van der Waals surface area contributed by atoms with Crippen LogP contribution < -0.4 is 20.9 Å². The van der Waals surface area contributed by atoms with Crippen molar-refractivity contribution in [1.82, 2.24) is 25.3 Å². The fourth-order valence-electron chi connectivity index (χ4n) is 4.10. The summed E-state index contributed by atoms with van der Waals surface area (Å²) in [5.74, 6) is 0.749. The van der Waals surface area contributed by atoms with Gasteiger partial charge in [0.2, 0.25) is 0 Å². The zero-order chi connectivity index (χ0) is 25.6. The molecule has 5 rings (SSSR count). The maximum Gasteiger partial charge on any atom is 0.150 e. The van der Waals surface area contributed by atoms with Crippen molar-refractivity contribution < 1.29 is 8.78 Å². The molecule has 0 radical (unpaired) electrons. The third-order valence-corrected chi connectivity index (χ3v) is 5.87. The Balaban J connectivity index is 1.44. The maximum absolute atomic E-state index is 14.2. The number of hydrogen-bond acceptors (Lipinski definition) is 8. The summed E-state index contributed by atoms with van der Waals surface area (Å²) in [7, 11) is 0. The average molecular weight is 501 g/mol. The molecule has 1 aromatic carbocycles. The largest absolute Gasteiger partial charge is 0.359 e. The summed E-state index contributed by atoms with van der Waals surface area (Å²) in [6.45, 7) is 7.62. The van der Waals surface area contributed by atoms with Crippen LogP contribution in [0.1, 0.15) is 5.56 Å². The Morgan fingerprint density at radius 1 is 0.973 bits per heavy atom. The lowest BCUT2D eigenvalue weighted by molar-refractivity contribution is 0.574. The van der Waals surface area contributed by atoms with Crippen LogP contribution in [0.4, 0.5) is 31.9 Å². The average Bonchev–Trinajstić information content (AvgIpc) is 2.91. The summed E-state index contributed by atoms with van der Waals surface area (Å²) < 4.78 is 27.5. The molecule has 0 saturated carbocycles. The van der Waals surface area contributed by atoms with Crippen molar-refractivity contribution in [2.75, 3.05) is 41.7 Å². The highest BCUT2D eigenvalue weighted by atomic mass is 19.1. The second kappa shape index (κ2) is 11.1. The van der Waals surface area contributed by atoms with Crippen LogP contribution in [-0.4, -0.2) is 46.1 Å². The van der Waals surface area contributed by atoms with Gasteiger partial charge in [0, 0.05) is 80.3 Å². The highest BCUT2D eigenvalue weighted by molar-refractivity contribution is 5.72. The van der Waals surface area contributed by atoms with Crippen LogP contribution in [0.3, 0.4) is 0 Å². The normalized spacial score (nSPS) is 13.3. The Morgan fingerprint density at radius 3 is 2.62 bits per heavy atom. The Morgan fingerprint density at radius 2 is 1.84 bits per heavy atom. The number of halogens is 2. The van der Waals surface area contributed by atoms with Gasteiger partial charge in [0.15, 0.2) is 0 Å². The number of aromatic nitrogens is 4. The van der Waals surface area contributed by atoms with E-state index in [1.165, 1.54) is 12.1 Å².